The van der Waals surface area contributed by atoms with Gasteiger partial charge < -0.3 is 14.2 Å². The molecule has 0 fully saturated rings. The van der Waals surface area contributed by atoms with Gasteiger partial charge in [0.05, 0.1) is 24.4 Å². The first-order chi connectivity index (χ1) is 14.1. The van der Waals surface area contributed by atoms with Crippen molar-refractivity contribution in [1.82, 2.24) is 0 Å². The highest BCUT2D eigenvalue weighted by molar-refractivity contribution is 6.32. The Balaban J connectivity index is 1.74. The van der Waals surface area contributed by atoms with E-state index in [9.17, 15) is 4.39 Å². The molecule has 0 bridgehead atoms. The fraction of sp³-hybridized carbons (Fsp3) is 0.174. The van der Waals surface area contributed by atoms with Crippen LogP contribution in [0.25, 0.3) is 0 Å². The Bertz CT molecular complexity index is 973. The van der Waals surface area contributed by atoms with Gasteiger partial charge >= 0.3 is 0 Å². The monoisotopic (exact) mass is 413 g/mol. The van der Waals surface area contributed by atoms with Gasteiger partial charge in [0, 0.05) is 6.21 Å². The summed E-state index contributed by atoms with van der Waals surface area (Å²) < 4.78 is 29.7. The molecule has 3 aromatic carbocycles. The molecule has 0 saturated heterocycles. The summed E-state index contributed by atoms with van der Waals surface area (Å²) in [6, 6.07) is 17.1. The summed E-state index contributed by atoms with van der Waals surface area (Å²) in [5, 5.41) is 0.402. The van der Waals surface area contributed by atoms with E-state index in [1.165, 1.54) is 12.1 Å². The SMILES string of the molecule is CCOc1ccc(N=Cc2cc(Cl)c(OCc3ccc(F)cc3)c(OC)c2)cc1. The third-order valence-corrected chi connectivity index (χ3v) is 4.34. The molecule has 0 atom stereocenters. The Morgan fingerprint density at radius 1 is 1.00 bits per heavy atom. The van der Waals surface area contributed by atoms with Gasteiger partial charge in [-0.3, -0.25) is 4.99 Å². The minimum Gasteiger partial charge on any atom is -0.494 e. The average molecular weight is 414 g/mol. The first-order valence-electron chi connectivity index (χ1n) is 9.10. The van der Waals surface area contributed by atoms with Crippen LogP contribution in [-0.2, 0) is 6.61 Å². The molecule has 0 radical (unpaired) electrons. The van der Waals surface area contributed by atoms with E-state index in [1.54, 1.807) is 37.6 Å². The fourth-order valence-corrected chi connectivity index (χ4v) is 2.91. The molecular weight excluding hydrogens is 393 g/mol. The molecule has 0 spiro atoms. The Morgan fingerprint density at radius 2 is 1.72 bits per heavy atom. The summed E-state index contributed by atoms with van der Waals surface area (Å²) >= 11 is 6.40. The van der Waals surface area contributed by atoms with Crippen LogP contribution < -0.4 is 14.2 Å². The number of rotatable bonds is 8. The van der Waals surface area contributed by atoms with Crippen LogP contribution in [0, 0.1) is 5.82 Å². The highest BCUT2D eigenvalue weighted by Crippen LogP contribution is 2.36. The molecule has 150 valence electrons. The van der Waals surface area contributed by atoms with Crippen LogP contribution in [0.3, 0.4) is 0 Å². The molecule has 0 unspecified atom stereocenters. The molecule has 6 heteroatoms. The summed E-state index contributed by atoms with van der Waals surface area (Å²) in [7, 11) is 1.55. The molecular formula is C23H21ClFNO3. The van der Waals surface area contributed by atoms with Crippen molar-refractivity contribution in [3.63, 3.8) is 0 Å². The number of nitrogens with zero attached hydrogens (tertiary/aromatic N) is 1. The maximum Gasteiger partial charge on any atom is 0.180 e. The molecule has 3 rings (SSSR count). The molecule has 0 aliphatic rings. The molecule has 3 aromatic rings. The maximum absolute atomic E-state index is 13.0. The number of ether oxygens (including phenoxy) is 3. The van der Waals surface area contributed by atoms with Gasteiger partial charge in [0.15, 0.2) is 11.5 Å². The molecule has 0 N–H and O–H groups in total. The van der Waals surface area contributed by atoms with Gasteiger partial charge in [-0.05, 0) is 66.6 Å². The molecule has 0 amide bonds. The van der Waals surface area contributed by atoms with Crippen molar-refractivity contribution in [2.45, 2.75) is 13.5 Å². The Labute approximate surface area is 174 Å². The van der Waals surface area contributed by atoms with Crippen molar-refractivity contribution in [2.24, 2.45) is 4.99 Å². The van der Waals surface area contributed by atoms with Crippen LogP contribution >= 0.6 is 11.6 Å². The smallest absolute Gasteiger partial charge is 0.180 e. The van der Waals surface area contributed by atoms with Crippen molar-refractivity contribution in [2.75, 3.05) is 13.7 Å². The van der Waals surface area contributed by atoms with Gasteiger partial charge in [-0.1, -0.05) is 23.7 Å². The molecule has 0 aromatic heterocycles. The second-order valence-corrected chi connectivity index (χ2v) is 6.54. The zero-order valence-corrected chi connectivity index (χ0v) is 16.9. The second-order valence-electron chi connectivity index (χ2n) is 6.13. The summed E-state index contributed by atoms with van der Waals surface area (Å²) in [6.45, 7) is 2.81. The van der Waals surface area contributed by atoms with Gasteiger partial charge in [0.1, 0.15) is 18.2 Å². The van der Waals surface area contributed by atoms with Crippen molar-refractivity contribution < 1.29 is 18.6 Å². The van der Waals surface area contributed by atoms with Crippen molar-refractivity contribution in [3.8, 4) is 17.2 Å². The minimum atomic E-state index is -0.291. The lowest BCUT2D eigenvalue weighted by Crippen LogP contribution is -1.99. The normalized spacial score (nSPS) is 10.9. The molecule has 0 aliphatic carbocycles. The summed E-state index contributed by atoms with van der Waals surface area (Å²) in [5.41, 5.74) is 2.39. The lowest BCUT2D eigenvalue weighted by Gasteiger charge is -2.13. The van der Waals surface area contributed by atoms with Gasteiger partial charge in [-0.25, -0.2) is 4.39 Å². The second kappa shape index (κ2) is 9.94. The Morgan fingerprint density at radius 3 is 2.38 bits per heavy atom. The van der Waals surface area contributed by atoms with Crippen molar-refractivity contribution in [1.29, 1.82) is 0 Å². The van der Waals surface area contributed by atoms with E-state index in [4.69, 9.17) is 25.8 Å². The summed E-state index contributed by atoms with van der Waals surface area (Å²) in [5.74, 6) is 1.43. The number of halogens is 2. The quantitative estimate of drug-likeness (QED) is 0.412. The van der Waals surface area contributed by atoms with Crippen LogP contribution in [0.5, 0.6) is 17.2 Å². The van der Waals surface area contributed by atoms with E-state index >= 15 is 0 Å². The summed E-state index contributed by atoms with van der Waals surface area (Å²) in [6.07, 6.45) is 1.70. The van der Waals surface area contributed by atoms with Crippen molar-refractivity contribution in [3.05, 3.63) is 82.6 Å². The first-order valence-corrected chi connectivity index (χ1v) is 9.48. The Hall–Kier alpha value is -3.05. The lowest BCUT2D eigenvalue weighted by molar-refractivity contribution is 0.284. The van der Waals surface area contributed by atoms with E-state index in [0.717, 1.165) is 22.6 Å². The molecule has 4 nitrogen and oxygen atoms in total. The number of hydrogen-bond acceptors (Lipinski definition) is 4. The van der Waals surface area contributed by atoms with E-state index in [2.05, 4.69) is 4.99 Å². The highest BCUT2D eigenvalue weighted by atomic mass is 35.5. The molecule has 0 saturated carbocycles. The zero-order valence-electron chi connectivity index (χ0n) is 16.2. The number of aliphatic imine (C=N–C) groups is 1. The van der Waals surface area contributed by atoms with E-state index in [-0.39, 0.29) is 12.4 Å². The van der Waals surface area contributed by atoms with Crippen LogP contribution in [0.2, 0.25) is 5.02 Å². The third-order valence-electron chi connectivity index (χ3n) is 4.06. The van der Waals surface area contributed by atoms with Gasteiger partial charge in [-0.2, -0.15) is 0 Å². The zero-order chi connectivity index (χ0) is 20.6. The number of hydrogen-bond donors (Lipinski definition) is 0. The number of methoxy groups -OCH3 is 1. The van der Waals surface area contributed by atoms with Crippen LogP contribution in [0.4, 0.5) is 10.1 Å². The predicted molar refractivity (Wildman–Crippen MR) is 114 cm³/mol. The fourth-order valence-electron chi connectivity index (χ4n) is 2.63. The van der Waals surface area contributed by atoms with E-state index in [1.807, 2.05) is 31.2 Å². The maximum atomic E-state index is 13.0. The molecule has 29 heavy (non-hydrogen) atoms. The number of benzene rings is 3. The van der Waals surface area contributed by atoms with Gasteiger partial charge in [0.2, 0.25) is 0 Å². The van der Waals surface area contributed by atoms with Crippen LogP contribution in [-0.4, -0.2) is 19.9 Å². The molecule has 0 aliphatic heterocycles. The Kier molecular flexibility index (Phi) is 7.09. The first kappa shape index (κ1) is 20.7. The summed E-state index contributed by atoms with van der Waals surface area (Å²) in [4.78, 5) is 4.45. The average Bonchev–Trinajstić information content (AvgIpc) is 2.73. The largest absolute Gasteiger partial charge is 0.494 e. The van der Waals surface area contributed by atoms with E-state index in [0.29, 0.717) is 23.1 Å². The molecule has 0 heterocycles. The van der Waals surface area contributed by atoms with Gasteiger partial charge in [0.25, 0.3) is 0 Å². The van der Waals surface area contributed by atoms with Crippen LogP contribution in [0.15, 0.2) is 65.7 Å². The topological polar surface area (TPSA) is 40.0 Å². The lowest BCUT2D eigenvalue weighted by atomic mass is 10.2. The standard InChI is InChI=1S/C23H21ClFNO3/c1-3-28-20-10-8-19(9-11-20)26-14-17-12-21(24)23(22(13-17)27-2)29-15-16-4-6-18(25)7-5-16/h4-14H,3,15H2,1-2H3. The van der Waals surface area contributed by atoms with E-state index < -0.39 is 0 Å². The third kappa shape index (κ3) is 5.72. The highest BCUT2D eigenvalue weighted by Gasteiger charge is 2.12. The predicted octanol–water partition coefficient (Wildman–Crippen LogP) is 6.22. The minimum absolute atomic E-state index is 0.246. The van der Waals surface area contributed by atoms with Crippen molar-refractivity contribution >= 4 is 23.5 Å². The van der Waals surface area contributed by atoms with Gasteiger partial charge in [-0.15, -0.1) is 0 Å². The van der Waals surface area contributed by atoms with Crippen LogP contribution in [0.1, 0.15) is 18.1 Å².